The van der Waals surface area contributed by atoms with Gasteiger partial charge in [-0.05, 0) is 57.1 Å². The number of benzene rings is 1. The monoisotopic (exact) mass is 457 g/mol. The number of aryl methyl sites for hydroxylation is 1. The van der Waals surface area contributed by atoms with Gasteiger partial charge in [-0.3, -0.25) is 9.69 Å². The number of rotatable bonds is 6. The van der Waals surface area contributed by atoms with Crippen LogP contribution < -0.4 is 5.32 Å². The number of nitrogens with zero attached hydrogens (tertiary/aromatic N) is 2. The van der Waals surface area contributed by atoms with E-state index in [1.54, 1.807) is 6.07 Å². The average Bonchev–Trinajstić information content (AvgIpc) is 3.39. The Morgan fingerprint density at radius 3 is 2.62 bits per heavy atom. The summed E-state index contributed by atoms with van der Waals surface area (Å²) in [7, 11) is 0. The lowest BCUT2D eigenvalue weighted by atomic mass is 10.1. The number of hydrogen-bond acceptors (Lipinski definition) is 5. The van der Waals surface area contributed by atoms with Crippen LogP contribution in [-0.4, -0.2) is 35.6 Å². The van der Waals surface area contributed by atoms with Crippen molar-refractivity contribution in [3.05, 3.63) is 64.2 Å². The maximum atomic E-state index is 12.7. The molecule has 2 aromatic heterocycles. The summed E-state index contributed by atoms with van der Waals surface area (Å²) in [4.78, 5) is 15.1. The van der Waals surface area contributed by atoms with E-state index >= 15 is 0 Å². The molecule has 1 N–H and O–H groups in total. The maximum absolute atomic E-state index is 12.7. The van der Waals surface area contributed by atoms with Gasteiger partial charge >= 0.3 is 0 Å². The van der Waals surface area contributed by atoms with Crippen LogP contribution in [0.4, 0.5) is 0 Å². The van der Waals surface area contributed by atoms with Crippen LogP contribution in [0.5, 0.6) is 0 Å². The lowest BCUT2D eigenvalue weighted by molar-refractivity contribution is 0.0905. The number of halogens is 1. The number of likely N-dealkylation sites (tertiary alicyclic amines) is 1. The topological polar surface area (TPSA) is 71.5 Å². The van der Waals surface area contributed by atoms with E-state index in [0.717, 1.165) is 34.6 Å². The molecule has 0 aliphatic carbocycles. The van der Waals surface area contributed by atoms with Gasteiger partial charge in [0, 0.05) is 22.6 Å². The third-order valence-electron chi connectivity index (χ3n) is 5.25. The fourth-order valence-corrected chi connectivity index (χ4v) is 3.95. The van der Waals surface area contributed by atoms with Crippen LogP contribution >= 0.6 is 15.9 Å². The van der Waals surface area contributed by atoms with Crippen molar-refractivity contribution in [2.75, 3.05) is 19.6 Å². The van der Waals surface area contributed by atoms with E-state index in [9.17, 15) is 4.79 Å². The van der Waals surface area contributed by atoms with E-state index in [1.807, 2.05) is 43.3 Å². The second kappa shape index (κ2) is 8.97. The Hall–Kier alpha value is -2.38. The standard InChI is InChI=1S/C22H24BrN3O3/c1-15-5-10-20(28-15)19(26-11-3-2-4-12-26)14-24-22(27)18-13-21(29-25-18)16-6-8-17(23)9-7-16/h5-10,13,19H,2-4,11-12,14H2,1H3,(H,24,27)/t19-/m0/s1. The average molecular weight is 458 g/mol. The highest BCUT2D eigenvalue weighted by Gasteiger charge is 2.26. The number of nitrogens with one attached hydrogen (secondary N) is 1. The third kappa shape index (κ3) is 4.79. The first-order chi connectivity index (χ1) is 14.1. The molecule has 1 aromatic carbocycles. The second-order valence-corrected chi connectivity index (χ2v) is 8.27. The highest BCUT2D eigenvalue weighted by Crippen LogP contribution is 2.26. The number of amides is 1. The van der Waals surface area contributed by atoms with Crippen LogP contribution in [0, 0.1) is 6.92 Å². The normalized spacial score (nSPS) is 15.9. The summed E-state index contributed by atoms with van der Waals surface area (Å²) in [5.41, 5.74) is 1.15. The smallest absolute Gasteiger partial charge is 0.273 e. The van der Waals surface area contributed by atoms with Gasteiger partial charge in [-0.2, -0.15) is 0 Å². The molecule has 1 saturated heterocycles. The highest BCUT2D eigenvalue weighted by atomic mass is 79.9. The molecule has 1 amide bonds. The molecule has 29 heavy (non-hydrogen) atoms. The summed E-state index contributed by atoms with van der Waals surface area (Å²) in [6.07, 6.45) is 3.60. The van der Waals surface area contributed by atoms with E-state index in [1.165, 1.54) is 19.3 Å². The molecule has 1 fully saturated rings. The van der Waals surface area contributed by atoms with Crippen LogP contribution in [0.1, 0.15) is 47.3 Å². The zero-order chi connectivity index (χ0) is 20.2. The SMILES string of the molecule is Cc1ccc([C@H](CNC(=O)c2cc(-c3ccc(Br)cc3)on2)N2CCCCC2)o1. The summed E-state index contributed by atoms with van der Waals surface area (Å²) in [6, 6.07) is 13.3. The molecule has 0 spiro atoms. The van der Waals surface area contributed by atoms with Crippen molar-refractivity contribution in [1.82, 2.24) is 15.4 Å². The minimum Gasteiger partial charge on any atom is -0.465 e. The van der Waals surface area contributed by atoms with Crippen molar-refractivity contribution in [3.63, 3.8) is 0 Å². The van der Waals surface area contributed by atoms with Crippen LogP contribution in [0.15, 0.2) is 55.9 Å². The quantitative estimate of drug-likeness (QED) is 0.565. The second-order valence-electron chi connectivity index (χ2n) is 7.35. The molecule has 7 heteroatoms. The molecule has 1 atom stereocenters. The molecule has 3 heterocycles. The van der Waals surface area contributed by atoms with Crippen LogP contribution in [0.2, 0.25) is 0 Å². The van der Waals surface area contributed by atoms with Crippen LogP contribution in [0.25, 0.3) is 11.3 Å². The zero-order valence-corrected chi connectivity index (χ0v) is 17.9. The molecule has 3 aromatic rings. The predicted molar refractivity (Wildman–Crippen MR) is 114 cm³/mol. The zero-order valence-electron chi connectivity index (χ0n) is 16.4. The Balaban J connectivity index is 1.44. The lowest BCUT2D eigenvalue weighted by Gasteiger charge is -2.33. The van der Waals surface area contributed by atoms with E-state index in [-0.39, 0.29) is 17.6 Å². The Bertz CT molecular complexity index is 958. The number of piperidine rings is 1. The Morgan fingerprint density at radius 2 is 1.93 bits per heavy atom. The maximum Gasteiger partial charge on any atom is 0.273 e. The van der Waals surface area contributed by atoms with E-state index < -0.39 is 0 Å². The molecular weight excluding hydrogens is 434 g/mol. The predicted octanol–water partition coefficient (Wildman–Crippen LogP) is 4.96. The van der Waals surface area contributed by atoms with Crippen molar-refractivity contribution in [2.45, 2.75) is 32.2 Å². The molecule has 0 bridgehead atoms. The van der Waals surface area contributed by atoms with Gasteiger partial charge in [0.1, 0.15) is 11.5 Å². The van der Waals surface area contributed by atoms with Crippen molar-refractivity contribution in [3.8, 4) is 11.3 Å². The molecule has 4 rings (SSSR count). The Morgan fingerprint density at radius 1 is 1.17 bits per heavy atom. The first kappa shape index (κ1) is 19.9. The summed E-state index contributed by atoms with van der Waals surface area (Å²) < 4.78 is 12.2. The lowest BCUT2D eigenvalue weighted by Crippen LogP contribution is -2.40. The molecule has 0 radical (unpaired) electrons. The molecule has 6 nitrogen and oxygen atoms in total. The number of carbonyl (C=O) groups excluding carboxylic acids is 1. The van der Waals surface area contributed by atoms with Gasteiger partial charge in [0.25, 0.3) is 5.91 Å². The van der Waals surface area contributed by atoms with Gasteiger partial charge in [0.2, 0.25) is 0 Å². The summed E-state index contributed by atoms with van der Waals surface area (Å²) >= 11 is 3.41. The largest absolute Gasteiger partial charge is 0.465 e. The van der Waals surface area contributed by atoms with Crippen molar-refractivity contribution < 1.29 is 13.7 Å². The van der Waals surface area contributed by atoms with Crippen molar-refractivity contribution in [2.24, 2.45) is 0 Å². The minimum atomic E-state index is -0.248. The molecule has 1 aliphatic rings. The molecular formula is C22H24BrN3O3. The van der Waals surface area contributed by atoms with Gasteiger partial charge in [-0.1, -0.05) is 39.6 Å². The fraction of sp³-hybridized carbons (Fsp3) is 0.364. The van der Waals surface area contributed by atoms with Crippen molar-refractivity contribution >= 4 is 21.8 Å². The summed E-state index contributed by atoms with van der Waals surface area (Å²) in [5, 5.41) is 6.95. The summed E-state index contributed by atoms with van der Waals surface area (Å²) in [5.74, 6) is 2.09. The summed E-state index contributed by atoms with van der Waals surface area (Å²) in [6.45, 7) is 4.43. The molecule has 1 aliphatic heterocycles. The van der Waals surface area contributed by atoms with E-state index in [4.69, 9.17) is 8.94 Å². The number of aromatic nitrogens is 1. The van der Waals surface area contributed by atoms with Crippen molar-refractivity contribution in [1.29, 1.82) is 0 Å². The molecule has 152 valence electrons. The van der Waals surface area contributed by atoms with Gasteiger partial charge in [0.05, 0.1) is 6.04 Å². The number of hydrogen-bond donors (Lipinski definition) is 1. The first-order valence-corrected chi connectivity index (χ1v) is 10.7. The number of carbonyl (C=O) groups is 1. The minimum absolute atomic E-state index is 0.0193. The first-order valence-electron chi connectivity index (χ1n) is 9.91. The third-order valence-corrected chi connectivity index (χ3v) is 5.78. The van der Waals surface area contributed by atoms with Gasteiger partial charge in [-0.25, -0.2) is 0 Å². The molecule has 0 unspecified atom stereocenters. The Labute approximate surface area is 178 Å². The van der Waals surface area contributed by atoms with Crippen LogP contribution in [0.3, 0.4) is 0 Å². The van der Waals surface area contributed by atoms with Gasteiger partial charge in [-0.15, -0.1) is 0 Å². The highest BCUT2D eigenvalue weighted by molar-refractivity contribution is 9.10. The Kier molecular flexibility index (Phi) is 6.16. The molecule has 0 saturated carbocycles. The van der Waals surface area contributed by atoms with E-state index in [0.29, 0.717) is 12.3 Å². The van der Waals surface area contributed by atoms with Gasteiger partial charge in [0.15, 0.2) is 11.5 Å². The number of furan rings is 1. The van der Waals surface area contributed by atoms with Crippen LogP contribution in [-0.2, 0) is 0 Å². The van der Waals surface area contributed by atoms with E-state index in [2.05, 4.69) is 31.3 Å². The fourth-order valence-electron chi connectivity index (χ4n) is 3.68. The van der Waals surface area contributed by atoms with Gasteiger partial charge < -0.3 is 14.3 Å².